The molecule has 108 valence electrons. The van der Waals surface area contributed by atoms with Crippen LogP contribution in [0.5, 0.6) is 0 Å². The normalized spacial score (nSPS) is 25.6. The molecule has 6 heteroatoms. The standard InChI is InChI=1S/C14H19N3O3/c1-15-13-5-2-10(6-14(13)17(18)19)7-16-8-11-3-4-12(9-16)20-11/h2,5-6,11-12,15H,3-4,7-9H2,1H3. The fraction of sp³-hybridized carbons (Fsp3) is 0.571. The largest absolute Gasteiger partial charge is 0.383 e. The van der Waals surface area contributed by atoms with Crippen LogP contribution in [0.25, 0.3) is 0 Å². The summed E-state index contributed by atoms with van der Waals surface area (Å²) in [5.41, 5.74) is 1.68. The molecular formula is C14H19N3O3. The van der Waals surface area contributed by atoms with Crippen molar-refractivity contribution in [2.45, 2.75) is 31.6 Å². The van der Waals surface area contributed by atoms with Gasteiger partial charge in [-0.1, -0.05) is 6.07 Å². The Bertz CT molecular complexity index is 508. The van der Waals surface area contributed by atoms with E-state index in [0.717, 1.165) is 38.0 Å². The predicted molar refractivity (Wildman–Crippen MR) is 75.8 cm³/mol. The number of anilines is 1. The number of hydrogen-bond acceptors (Lipinski definition) is 5. The highest BCUT2D eigenvalue weighted by Crippen LogP contribution is 2.29. The van der Waals surface area contributed by atoms with Gasteiger partial charge in [0, 0.05) is 32.7 Å². The van der Waals surface area contributed by atoms with Crippen LogP contribution in [0.4, 0.5) is 11.4 Å². The van der Waals surface area contributed by atoms with Gasteiger partial charge in [0.1, 0.15) is 5.69 Å². The zero-order valence-corrected chi connectivity index (χ0v) is 11.5. The zero-order valence-electron chi connectivity index (χ0n) is 11.5. The lowest BCUT2D eigenvalue weighted by molar-refractivity contribution is -0.384. The van der Waals surface area contributed by atoms with Gasteiger partial charge in [0.25, 0.3) is 5.69 Å². The minimum absolute atomic E-state index is 0.140. The third-order valence-corrected chi connectivity index (χ3v) is 4.05. The van der Waals surface area contributed by atoms with E-state index in [9.17, 15) is 10.1 Å². The van der Waals surface area contributed by atoms with E-state index in [0.29, 0.717) is 17.9 Å². The lowest BCUT2D eigenvalue weighted by atomic mass is 10.1. The lowest BCUT2D eigenvalue weighted by Crippen LogP contribution is -2.41. The van der Waals surface area contributed by atoms with Gasteiger partial charge in [-0.25, -0.2) is 0 Å². The van der Waals surface area contributed by atoms with Gasteiger partial charge < -0.3 is 10.1 Å². The Morgan fingerprint density at radius 3 is 2.70 bits per heavy atom. The highest BCUT2D eigenvalue weighted by atomic mass is 16.6. The maximum absolute atomic E-state index is 11.1. The molecule has 2 heterocycles. The van der Waals surface area contributed by atoms with Crippen molar-refractivity contribution in [2.75, 3.05) is 25.5 Å². The Morgan fingerprint density at radius 1 is 1.40 bits per heavy atom. The van der Waals surface area contributed by atoms with E-state index in [1.54, 1.807) is 19.2 Å². The lowest BCUT2D eigenvalue weighted by Gasteiger charge is -2.32. The Morgan fingerprint density at radius 2 is 2.10 bits per heavy atom. The Labute approximate surface area is 117 Å². The van der Waals surface area contributed by atoms with Gasteiger partial charge in [-0.05, 0) is 24.5 Å². The van der Waals surface area contributed by atoms with Crippen LogP contribution in [-0.2, 0) is 11.3 Å². The van der Waals surface area contributed by atoms with Crippen LogP contribution in [0, 0.1) is 10.1 Å². The Kier molecular flexibility index (Phi) is 3.58. The van der Waals surface area contributed by atoms with Crippen molar-refractivity contribution in [1.29, 1.82) is 0 Å². The topological polar surface area (TPSA) is 67.6 Å². The number of nitro groups is 1. The fourth-order valence-electron chi connectivity index (χ4n) is 3.12. The molecule has 1 aromatic carbocycles. The first-order chi connectivity index (χ1) is 9.65. The van der Waals surface area contributed by atoms with E-state index in [1.165, 1.54) is 0 Å². The Balaban J connectivity index is 1.74. The fourth-order valence-corrected chi connectivity index (χ4v) is 3.12. The molecule has 3 rings (SSSR count). The van der Waals surface area contributed by atoms with Crippen molar-refractivity contribution in [3.05, 3.63) is 33.9 Å². The number of morpholine rings is 1. The monoisotopic (exact) mass is 277 g/mol. The van der Waals surface area contributed by atoms with E-state index in [-0.39, 0.29) is 10.6 Å². The van der Waals surface area contributed by atoms with Gasteiger partial charge >= 0.3 is 0 Å². The van der Waals surface area contributed by atoms with Crippen LogP contribution >= 0.6 is 0 Å². The summed E-state index contributed by atoms with van der Waals surface area (Å²) in [6.45, 7) is 2.61. The first kappa shape index (κ1) is 13.3. The van der Waals surface area contributed by atoms with E-state index in [4.69, 9.17) is 4.74 Å². The summed E-state index contributed by atoms with van der Waals surface area (Å²) in [4.78, 5) is 13.1. The van der Waals surface area contributed by atoms with Gasteiger partial charge in [0.05, 0.1) is 17.1 Å². The molecule has 20 heavy (non-hydrogen) atoms. The predicted octanol–water partition coefficient (Wildman–Crippen LogP) is 2.00. The quantitative estimate of drug-likeness (QED) is 0.673. The summed E-state index contributed by atoms with van der Waals surface area (Å²) < 4.78 is 5.80. The molecule has 0 amide bonds. The van der Waals surface area contributed by atoms with Gasteiger partial charge in [-0.3, -0.25) is 15.0 Å². The summed E-state index contributed by atoms with van der Waals surface area (Å²) in [7, 11) is 1.70. The first-order valence-corrected chi connectivity index (χ1v) is 6.98. The highest BCUT2D eigenvalue weighted by Gasteiger charge is 2.33. The molecule has 0 aromatic heterocycles. The van der Waals surface area contributed by atoms with E-state index >= 15 is 0 Å². The molecular weight excluding hydrogens is 258 g/mol. The van der Waals surface area contributed by atoms with Gasteiger partial charge in [-0.2, -0.15) is 0 Å². The summed E-state index contributed by atoms with van der Waals surface area (Å²) in [5, 5.41) is 13.9. The molecule has 2 bridgehead atoms. The number of nitro benzene ring substituents is 1. The molecule has 1 N–H and O–H groups in total. The van der Waals surface area contributed by atoms with E-state index in [2.05, 4.69) is 10.2 Å². The van der Waals surface area contributed by atoms with Gasteiger partial charge in [-0.15, -0.1) is 0 Å². The molecule has 6 nitrogen and oxygen atoms in total. The summed E-state index contributed by atoms with van der Waals surface area (Å²) in [5.74, 6) is 0. The van der Waals surface area contributed by atoms with E-state index in [1.807, 2.05) is 6.07 Å². The summed E-state index contributed by atoms with van der Waals surface area (Å²) in [6.07, 6.45) is 2.97. The molecule has 2 fully saturated rings. The minimum atomic E-state index is -0.335. The minimum Gasteiger partial charge on any atom is -0.383 e. The van der Waals surface area contributed by atoms with E-state index < -0.39 is 0 Å². The molecule has 2 unspecified atom stereocenters. The average Bonchev–Trinajstić information content (AvgIpc) is 2.78. The van der Waals surface area contributed by atoms with Crippen molar-refractivity contribution in [3.63, 3.8) is 0 Å². The first-order valence-electron chi connectivity index (χ1n) is 6.98. The number of fused-ring (bicyclic) bond motifs is 2. The second kappa shape index (κ2) is 5.38. The maximum atomic E-state index is 11.1. The number of likely N-dealkylation sites (tertiary alicyclic amines) is 1. The molecule has 1 aromatic rings. The van der Waals surface area contributed by atoms with Crippen molar-refractivity contribution < 1.29 is 9.66 Å². The number of benzene rings is 1. The van der Waals surface area contributed by atoms with Gasteiger partial charge in [0.2, 0.25) is 0 Å². The Hall–Kier alpha value is -1.66. The third kappa shape index (κ3) is 2.62. The molecule has 0 aliphatic carbocycles. The van der Waals surface area contributed by atoms with Crippen molar-refractivity contribution in [2.24, 2.45) is 0 Å². The molecule has 0 saturated carbocycles. The molecule has 2 aliphatic heterocycles. The molecule has 0 spiro atoms. The molecule has 2 aliphatic rings. The van der Waals surface area contributed by atoms with Crippen LogP contribution in [0.2, 0.25) is 0 Å². The van der Waals surface area contributed by atoms with Crippen LogP contribution in [-0.4, -0.2) is 42.2 Å². The van der Waals surface area contributed by atoms with Gasteiger partial charge in [0.15, 0.2) is 0 Å². The van der Waals surface area contributed by atoms with Crippen LogP contribution in [0.15, 0.2) is 18.2 Å². The highest BCUT2D eigenvalue weighted by molar-refractivity contribution is 5.62. The maximum Gasteiger partial charge on any atom is 0.292 e. The summed E-state index contributed by atoms with van der Waals surface area (Å²) in [6, 6.07) is 5.40. The molecule has 2 saturated heterocycles. The number of rotatable bonds is 4. The van der Waals surface area contributed by atoms with Crippen molar-refractivity contribution in [1.82, 2.24) is 4.90 Å². The zero-order chi connectivity index (χ0) is 14.1. The number of nitrogens with one attached hydrogen (secondary N) is 1. The summed E-state index contributed by atoms with van der Waals surface area (Å²) >= 11 is 0. The third-order valence-electron chi connectivity index (χ3n) is 4.05. The molecule has 2 atom stereocenters. The van der Waals surface area contributed by atoms with Crippen LogP contribution in [0.3, 0.4) is 0 Å². The smallest absolute Gasteiger partial charge is 0.292 e. The second-order valence-corrected chi connectivity index (χ2v) is 5.51. The van der Waals surface area contributed by atoms with Crippen molar-refractivity contribution >= 4 is 11.4 Å². The SMILES string of the molecule is CNc1ccc(CN2CC3CCC(C2)O3)cc1[N+](=O)[O-]. The average molecular weight is 277 g/mol. The van der Waals surface area contributed by atoms with Crippen molar-refractivity contribution in [3.8, 4) is 0 Å². The number of hydrogen-bond donors (Lipinski definition) is 1. The number of ether oxygens (including phenoxy) is 1. The number of nitrogens with zero attached hydrogens (tertiary/aromatic N) is 2. The molecule has 0 radical (unpaired) electrons. The van der Waals surface area contributed by atoms with Crippen LogP contribution in [0.1, 0.15) is 18.4 Å². The second-order valence-electron chi connectivity index (χ2n) is 5.51. The van der Waals surface area contributed by atoms with Crippen LogP contribution < -0.4 is 5.32 Å².